The van der Waals surface area contributed by atoms with Crippen LogP contribution in [0.15, 0.2) is 0 Å². The molecular weight excluding hydrogens is 1240 g/mol. The molecule has 12 rings (SSSR count). The van der Waals surface area contributed by atoms with Crippen LogP contribution >= 0.6 is 0 Å². The Balaban J connectivity index is 0.797. The highest BCUT2D eigenvalue weighted by Gasteiger charge is 2.68. The highest BCUT2D eigenvalue weighted by Crippen LogP contribution is 2.70. The molecule has 0 radical (unpaired) electrons. The van der Waals surface area contributed by atoms with Gasteiger partial charge in [-0.25, -0.2) is 0 Å². The number of rotatable bonds is 15. The van der Waals surface area contributed by atoms with Gasteiger partial charge in [0.25, 0.3) is 0 Å². The van der Waals surface area contributed by atoms with E-state index in [2.05, 4.69) is 27.7 Å². The van der Waals surface area contributed by atoms with Crippen molar-refractivity contribution in [1.29, 1.82) is 0 Å². The summed E-state index contributed by atoms with van der Waals surface area (Å²) in [5.41, 5.74) is 0.0453. The number of hydrogen-bond donors (Lipinski definition) is 16. The first-order valence-electron chi connectivity index (χ1n) is 34.0. The molecule has 0 aromatic heterocycles. The van der Waals surface area contributed by atoms with Gasteiger partial charge in [-0.3, -0.25) is 0 Å². The first-order valence-corrected chi connectivity index (χ1v) is 34.0. The van der Waals surface area contributed by atoms with Gasteiger partial charge in [-0.2, -0.15) is 0 Å². The molecule has 0 amide bonds. The Morgan fingerprint density at radius 2 is 0.957 bits per heavy atom. The van der Waals surface area contributed by atoms with Crippen molar-refractivity contribution in [1.82, 2.24) is 0 Å². The van der Waals surface area contributed by atoms with Crippen LogP contribution < -0.4 is 0 Å². The van der Waals surface area contributed by atoms with Crippen molar-refractivity contribution < 1.29 is 148 Å². The minimum atomic E-state index is -2.19. The third-order valence-electron chi connectivity index (χ3n) is 24.4. The van der Waals surface area contributed by atoms with Crippen LogP contribution in [-0.2, 0) is 66.3 Å². The fourth-order valence-electron chi connectivity index (χ4n) is 19.0. The van der Waals surface area contributed by atoms with E-state index in [1.165, 1.54) is 13.8 Å². The molecular formula is C63H104O30. The number of aliphatic hydroxyl groups is 16. The van der Waals surface area contributed by atoms with Gasteiger partial charge < -0.3 is 148 Å². The molecule has 41 atom stereocenters. The van der Waals surface area contributed by atoms with E-state index in [0.717, 1.165) is 57.8 Å². The van der Waals surface area contributed by atoms with Crippen LogP contribution in [0.1, 0.15) is 112 Å². The number of hydrogen-bond acceptors (Lipinski definition) is 30. The summed E-state index contributed by atoms with van der Waals surface area (Å²) in [5.74, 6) is 2.36. The highest BCUT2D eigenvalue weighted by atomic mass is 16.8. The van der Waals surface area contributed by atoms with Crippen LogP contribution in [0.5, 0.6) is 0 Å². The zero-order valence-electron chi connectivity index (χ0n) is 53.6. The molecule has 8 aliphatic heterocycles. The molecule has 4 saturated carbocycles. The minimum absolute atomic E-state index is 0.0505. The van der Waals surface area contributed by atoms with Gasteiger partial charge in [0.15, 0.2) is 43.5 Å². The molecule has 0 aromatic carbocycles. The SMILES string of the molecule is C[C@@H]1CC[C@@]2(OC1)O[C@H]1CC[C@H]3[C@@H]4CC[C@H]5C[C@@H](O[C@@H]6O[C@H](CO)[C@@H](O)[C@H](O[C@@H]7O[C@H](CO)[C@@H](O)[C@H](O[C@@H]8O[C@H](CO)[C@@H](O)[C@H](O)[C@H]8O[C@@H]8O[C@@H](C)[C@H](O)[C@@H](O)[C@H]8O)[C@H]7O)[C@H]6O[C@@H]6O[C@@H](C)[C@H](O[C@@H]7OC[C@@H](O)[C@H](O)[C@H]7O)[C@@H](O)[C@H]6O)CC[C@]5(C)[C@H]4CC[C@]3(C)[C@H]1[C@@H]2C. The van der Waals surface area contributed by atoms with E-state index in [1.807, 2.05) is 0 Å². The maximum Gasteiger partial charge on any atom is 0.187 e. The lowest BCUT2D eigenvalue weighted by atomic mass is 9.41. The summed E-state index contributed by atoms with van der Waals surface area (Å²) in [6.45, 7) is 9.92. The largest absolute Gasteiger partial charge is 0.394 e. The van der Waals surface area contributed by atoms with Gasteiger partial charge in [0.05, 0.1) is 57.5 Å². The van der Waals surface area contributed by atoms with Gasteiger partial charge in [0.1, 0.15) is 128 Å². The molecule has 1 spiro atoms. The highest BCUT2D eigenvalue weighted by molar-refractivity contribution is 5.14. The first kappa shape index (κ1) is 71.6. The predicted octanol–water partition coefficient (Wildman–Crippen LogP) is -4.18. The average Bonchev–Trinajstić information content (AvgIpc) is 1.66. The van der Waals surface area contributed by atoms with E-state index >= 15 is 0 Å². The van der Waals surface area contributed by atoms with Gasteiger partial charge in [-0.15, -0.1) is 0 Å². The number of aliphatic hydroxyl groups excluding tert-OH is 16. The van der Waals surface area contributed by atoms with Gasteiger partial charge in [0, 0.05) is 12.3 Å². The van der Waals surface area contributed by atoms with E-state index in [1.54, 1.807) is 0 Å². The molecule has 30 heteroatoms. The van der Waals surface area contributed by atoms with Crippen molar-refractivity contribution in [3.05, 3.63) is 0 Å². The quantitative estimate of drug-likeness (QED) is 0.0692. The summed E-state index contributed by atoms with van der Waals surface area (Å²) in [7, 11) is 0. The van der Waals surface area contributed by atoms with Crippen LogP contribution in [0.25, 0.3) is 0 Å². The Hall–Kier alpha value is -1.20. The smallest absolute Gasteiger partial charge is 0.187 e. The fraction of sp³-hybridized carbons (Fsp3) is 1.00. The Labute approximate surface area is 540 Å². The van der Waals surface area contributed by atoms with Crippen LogP contribution in [0.2, 0.25) is 0 Å². The normalized spacial score (nSPS) is 57.6. The predicted molar refractivity (Wildman–Crippen MR) is 309 cm³/mol. The Morgan fingerprint density at radius 3 is 1.63 bits per heavy atom. The van der Waals surface area contributed by atoms with Gasteiger partial charge in [-0.05, 0) is 124 Å². The van der Waals surface area contributed by atoms with E-state index in [9.17, 15) is 81.7 Å². The third-order valence-corrected chi connectivity index (χ3v) is 24.4. The lowest BCUT2D eigenvalue weighted by molar-refractivity contribution is -0.409. The second-order valence-corrected chi connectivity index (χ2v) is 29.8. The average molecular weight is 1340 g/mol. The number of ether oxygens (including phenoxy) is 14. The standard InChI is InChI=1S/C63H104O30/c1-23-11-16-63(81-21-23)24(2)37-33(93-63)10-9-30-29-8-7-27-17-28(12-14-61(27,5)31(29)13-15-62(30,37)6)84-60-54(92-57-48(78)45(75)50(26(4)83-57)88-55-46(76)39(69)32(67)22-80-55)52(42(72)36(20-66)87-60)90-58-49(79)51(41(71)35(19-65)85-58)89-59-53(44(74)40(70)34(18-64)86-59)91-56-47(77)43(73)38(68)25(3)82-56/h23-60,64-79H,7-22H2,1-6H3/t23-,24+,25+,26+,27+,28+,29+,30+,31+,32-,33+,34-,35-,36-,37+,38+,39+,40-,41-,42-,43-,44+,45+,46-,47-,48-,49-,50+,51+,52+,53-,54-,55+,56+,57+,58+,59+,60-,61+,62+,63-/m1/s1. The zero-order valence-corrected chi connectivity index (χ0v) is 53.6. The van der Waals surface area contributed by atoms with E-state index in [4.69, 9.17) is 66.3 Å². The van der Waals surface area contributed by atoms with Gasteiger partial charge in [0.2, 0.25) is 0 Å². The van der Waals surface area contributed by atoms with E-state index in [-0.39, 0.29) is 28.8 Å². The molecule has 30 nitrogen and oxygen atoms in total. The van der Waals surface area contributed by atoms with E-state index in [0.29, 0.717) is 49.0 Å². The third kappa shape index (κ3) is 13.0. The molecule has 8 heterocycles. The lowest BCUT2D eigenvalue weighted by Gasteiger charge is -2.64. The summed E-state index contributed by atoms with van der Waals surface area (Å²) in [5, 5.41) is 177. The van der Waals surface area contributed by atoms with Crippen molar-refractivity contribution in [3.8, 4) is 0 Å². The Morgan fingerprint density at radius 1 is 0.409 bits per heavy atom. The summed E-state index contributed by atoms with van der Waals surface area (Å²) in [6, 6.07) is 0. The molecule has 4 aliphatic carbocycles. The minimum Gasteiger partial charge on any atom is -0.394 e. The van der Waals surface area contributed by atoms with Crippen LogP contribution in [0.4, 0.5) is 0 Å². The topological polar surface area (TPSA) is 453 Å². The summed E-state index contributed by atoms with van der Waals surface area (Å²) in [6.07, 6.45) is -41.2. The van der Waals surface area contributed by atoms with Gasteiger partial charge >= 0.3 is 0 Å². The molecule has 0 unspecified atom stereocenters. The van der Waals surface area contributed by atoms with Crippen molar-refractivity contribution in [2.75, 3.05) is 33.0 Å². The maximum atomic E-state index is 12.3. The molecule has 12 fully saturated rings. The Kier molecular flexibility index (Phi) is 21.8. The monoisotopic (exact) mass is 1340 g/mol. The molecule has 12 aliphatic rings. The molecule has 0 bridgehead atoms. The first-order chi connectivity index (χ1) is 44.2. The molecule has 93 heavy (non-hydrogen) atoms. The zero-order chi connectivity index (χ0) is 66.7. The molecule has 0 aromatic rings. The maximum absolute atomic E-state index is 12.3. The van der Waals surface area contributed by atoms with Crippen LogP contribution in [0.3, 0.4) is 0 Å². The molecule has 536 valence electrons. The van der Waals surface area contributed by atoms with Crippen LogP contribution in [0, 0.1) is 52.3 Å². The summed E-state index contributed by atoms with van der Waals surface area (Å²) in [4.78, 5) is 0. The van der Waals surface area contributed by atoms with Crippen molar-refractivity contribution >= 4 is 0 Å². The number of fused-ring (bicyclic) bond motifs is 7. The Bertz CT molecular complexity index is 2450. The fourth-order valence-corrected chi connectivity index (χ4v) is 19.0. The van der Waals surface area contributed by atoms with Crippen LogP contribution in [-0.4, -0.2) is 311 Å². The van der Waals surface area contributed by atoms with E-state index < -0.39 is 216 Å². The second-order valence-electron chi connectivity index (χ2n) is 29.8. The van der Waals surface area contributed by atoms with Crippen molar-refractivity contribution in [2.24, 2.45) is 52.3 Å². The second kappa shape index (κ2) is 28.3. The van der Waals surface area contributed by atoms with Gasteiger partial charge in [-0.1, -0.05) is 27.7 Å². The van der Waals surface area contributed by atoms with Crippen molar-refractivity contribution in [3.63, 3.8) is 0 Å². The summed E-state index contributed by atoms with van der Waals surface area (Å²) < 4.78 is 87.0. The lowest BCUT2D eigenvalue weighted by Crippen LogP contribution is -2.69. The van der Waals surface area contributed by atoms with Crippen molar-refractivity contribution in [2.45, 2.75) is 308 Å². The molecule has 16 N–H and O–H groups in total. The summed E-state index contributed by atoms with van der Waals surface area (Å²) >= 11 is 0. The molecule has 8 saturated heterocycles.